The number of carbonyl (C=O) groups is 1. The van der Waals surface area contributed by atoms with Crippen molar-refractivity contribution in [3.05, 3.63) is 84.7 Å². The molecular weight excluding hydrogens is 420 g/mol. The van der Waals surface area contributed by atoms with E-state index in [1.807, 2.05) is 66.7 Å². The van der Waals surface area contributed by atoms with E-state index in [4.69, 9.17) is 0 Å². The van der Waals surface area contributed by atoms with E-state index in [-0.39, 0.29) is 11.6 Å². The summed E-state index contributed by atoms with van der Waals surface area (Å²) in [5.74, 6) is 0.718. The predicted molar refractivity (Wildman–Crippen MR) is 128 cm³/mol. The third-order valence-corrected chi connectivity index (χ3v) is 5.83. The summed E-state index contributed by atoms with van der Waals surface area (Å²) in [7, 11) is 1.76. The number of nitrogens with one attached hydrogen (secondary N) is 2. The number of thiazole rings is 1. The first-order valence-corrected chi connectivity index (χ1v) is 10.8. The molecule has 8 heteroatoms. The van der Waals surface area contributed by atoms with Crippen LogP contribution in [0.15, 0.2) is 79.0 Å². The van der Waals surface area contributed by atoms with Gasteiger partial charge in [0, 0.05) is 30.4 Å². The minimum Gasteiger partial charge on any atom is -0.373 e. The molecule has 2 N–H and O–H groups in total. The van der Waals surface area contributed by atoms with Crippen molar-refractivity contribution in [3.63, 3.8) is 0 Å². The molecule has 0 aliphatic carbocycles. The summed E-state index contributed by atoms with van der Waals surface area (Å²) in [5, 5.41) is 6.78. The highest BCUT2D eigenvalue weighted by Gasteiger charge is 2.16. The number of amides is 1. The maximum Gasteiger partial charge on any atom is 0.274 e. The maximum absolute atomic E-state index is 13.2. The molecule has 0 saturated heterocycles. The zero-order valence-electron chi connectivity index (χ0n) is 17.1. The number of para-hydroxylation sites is 1. The fraction of sp³-hybridized carbons (Fsp3) is 0.0417. The second-order valence-electron chi connectivity index (χ2n) is 6.92. The second kappa shape index (κ2) is 8.52. The zero-order chi connectivity index (χ0) is 21.9. The standard InChI is InChI=1S/C24H18N6OS/c1-25-20-14-19(27-21(30-20)15-8-3-2-4-9-15)22(31)28-17-11-6-5-10-16(17)23-29-18-12-7-13-26-24(18)32-23/h2-14H,1H3,(H,28,31)(H,25,27,30). The number of pyridine rings is 1. The van der Waals surface area contributed by atoms with Crippen molar-refractivity contribution >= 4 is 39.1 Å². The molecule has 0 bridgehead atoms. The van der Waals surface area contributed by atoms with Gasteiger partial charge in [0.25, 0.3) is 5.91 Å². The SMILES string of the molecule is CNc1cc(C(=O)Nc2ccccc2-c2nc3cccnc3s2)nc(-c2ccccc2)n1. The summed E-state index contributed by atoms with van der Waals surface area (Å²) < 4.78 is 0. The van der Waals surface area contributed by atoms with Crippen LogP contribution in [-0.4, -0.2) is 32.9 Å². The molecule has 0 aliphatic heterocycles. The van der Waals surface area contributed by atoms with Crippen molar-refractivity contribution in [2.75, 3.05) is 17.7 Å². The molecule has 7 nitrogen and oxygen atoms in total. The van der Waals surface area contributed by atoms with Crippen LogP contribution in [0, 0.1) is 0 Å². The van der Waals surface area contributed by atoms with Crippen LogP contribution in [-0.2, 0) is 0 Å². The van der Waals surface area contributed by atoms with Gasteiger partial charge in [-0.05, 0) is 24.3 Å². The van der Waals surface area contributed by atoms with Gasteiger partial charge in [-0.25, -0.2) is 19.9 Å². The average molecular weight is 439 g/mol. The number of anilines is 2. The molecule has 0 atom stereocenters. The van der Waals surface area contributed by atoms with Gasteiger partial charge in [0.1, 0.15) is 26.9 Å². The number of carbonyl (C=O) groups excluding carboxylic acids is 1. The van der Waals surface area contributed by atoms with Crippen molar-refractivity contribution in [1.29, 1.82) is 0 Å². The molecule has 0 spiro atoms. The van der Waals surface area contributed by atoms with Crippen LogP contribution in [0.4, 0.5) is 11.5 Å². The lowest BCUT2D eigenvalue weighted by Gasteiger charge is -2.11. The van der Waals surface area contributed by atoms with Gasteiger partial charge >= 0.3 is 0 Å². The van der Waals surface area contributed by atoms with Crippen molar-refractivity contribution < 1.29 is 4.79 Å². The Morgan fingerprint density at radius 2 is 1.72 bits per heavy atom. The van der Waals surface area contributed by atoms with Gasteiger partial charge in [-0.1, -0.05) is 53.8 Å². The molecule has 1 amide bonds. The van der Waals surface area contributed by atoms with Crippen LogP contribution in [0.1, 0.15) is 10.5 Å². The lowest BCUT2D eigenvalue weighted by Crippen LogP contribution is -2.16. The summed E-state index contributed by atoms with van der Waals surface area (Å²) in [6.07, 6.45) is 1.75. The van der Waals surface area contributed by atoms with Crippen molar-refractivity contribution in [1.82, 2.24) is 19.9 Å². The van der Waals surface area contributed by atoms with E-state index in [0.717, 1.165) is 26.5 Å². The molecule has 3 heterocycles. The van der Waals surface area contributed by atoms with E-state index in [1.165, 1.54) is 11.3 Å². The number of rotatable bonds is 5. The first kappa shape index (κ1) is 19.8. The highest BCUT2D eigenvalue weighted by atomic mass is 32.1. The molecule has 32 heavy (non-hydrogen) atoms. The fourth-order valence-corrected chi connectivity index (χ4v) is 4.20. The summed E-state index contributed by atoms with van der Waals surface area (Å²) in [6, 6.07) is 22.6. The summed E-state index contributed by atoms with van der Waals surface area (Å²) in [6.45, 7) is 0. The Morgan fingerprint density at radius 1 is 0.906 bits per heavy atom. The van der Waals surface area contributed by atoms with E-state index in [1.54, 1.807) is 19.3 Å². The van der Waals surface area contributed by atoms with Crippen LogP contribution in [0.2, 0.25) is 0 Å². The Morgan fingerprint density at radius 3 is 2.53 bits per heavy atom. The van der Waals surface area contributed by atoms with E-state index in [0.29, 0.717) is 17.3 Å². The van der Waals surface area contributed by atoms with Crippen LogP contribution in [0.3, 0.4) is 0 Å². The summed E-state index contributed by atoms with van der Waals surface area (Å²) >= 11 is 1.48. The van der Waals surface area contributed by atoms with Crippen LogP contribution in [0.5, 0.6) is 0 Å². The molecular formula is C24H18N6OS. The second-order valence-corrected chi connectivity index (χ2v) is 7.90. The first-order valence-electron chi connectivity index (χ1n) is 9.96. The van der Waals surface area contributed by atoms with Crippen LogP contribution in [0.25, 0.3) is 32.3 Å². The van der Waals surface area contributed by atoms with Gasteiger partial charge in [-0.3, -0.25) is 4.79 Å². The number of hydrogen-bond donors (Lipinski definition) is 2. The van der Waals surface area contributed by atoms with Gasteiger partial charge in [0.15, 0.2) is 5.82 Å². The van der Waals surface area contributed by atoms with Crippen LogP contribution < -0.4 is 10.6 Å². The van der Waals surface area contributed by atoms with E-state index < -0.39 is 0 Å². The highest BCUT2D eigenvalue weighted by molar-refractivity contribution is 7.21. The van der Waals surface area contributed by atoms with E-state index in [9.17, 15) is 4.79 Å². The molecule has 0 unspecified atom stereocenters. The molecule has 3 aromatic heterocycles. The Kier molecular flexibility index (Phi) is 5.27. The predicted octanol–water partition coefficient (Wildman–Crippen LogP) is 5.11. The van der Waals surface area contributed by atoms with Gasteiger partial charge in [-0.2, -0.15) is 0 Å². The van der Waals surface area contributed by atoms with Gasteiger partial charge in [-0.15, -0.1) is 0 Å². The fourth-order valence-electron chi connectivity index (χ4n) is 3.26. The third-order valence-electron chi connectivity index (χ3n) is 4.82. The normalized spacial score (nSPS) is 10.8. The number of benzene rings is 2. The molecule has 5 aromatic rings. The third kappa shape index (κ3) is 3.91. The number of nitrogens with zero attached hydrogens (tertiary/aromatic N) is 4. The summed E-state index contributed by atoms with van der Waals surface area (Å²) in [5.41, 5.74) is 3.41. The van der Waals surface area contributed by atoms with Crippen LogP contribution >= 0.6 is 11.3 Å². The van der Waals surface area contributed by atoms with Gasteiger partial charge in [0.05, 0.1) is 5.69 Å². The Balaban J connectivity index is 1.50. The number of hydrogen-bond acceptors (Lipinski definition) is 7. The Bertz CT molecular complexity index is 1380. The highest BCUT2D eigenvalue weighted by Crippen LogP contribution is 2.33. The maximum atomic E-state index is 13.2. The van der Waals surface area contributed by atoms with E-state index >= 15 is 0 Å². The lowest BCUT2D eigenvalue weighted by molar-refractivity contribution is 0.102. The quantitative estimate of drug-likeness (QED) is 0.396. The number of fused-ring (bicyclic) bond motifs is 1. The molecule has 0 aliphatic rings. The molecule has 5 rings (SSSR count). The number of aromatic nitrogens is 4. The van der Waals surface area contributed by atoms with E-state index in [2.05, 4.69) is 30.6 Å². The topological polar surface area (TPSA) is 92.7 Å². The zero-order valence-corrected chi connectivity index (χ0v) is 17.9. The van der Waals surface area contributed by atoms with Crippen molar-refractivity contribution in [3.8, 4) is 22.0 Å². The Labute approximate surface area is 188 Å². The summed E-state index contributed by atoms with van der Waals surface area (Å²) in [4.78, 5) is 32.0. The van der Waals surface area contributed by atoms with Gasteiger partial charge in [0.2, 0.25) is 0 Å². The Hall–Kier alpha value is -4.17. The molecule has 2 aromatic carbocycles. The molecule has 0 radical (unpaired) electrons. The lowest BCUT2D eigenvalue weighted by atomic mass is 10.1. The molecule has 0 saturated carbocycles. The van der Waals surface area contributed by atoms with Crippen molar-refractivity contribution in [2.45, 2.75) is 0 Å². The average Bonchev–Trinajstić information content (AvgIpc) is 3.29. The first-order chi connectivity index (χ1) is 15.7. The van der Waals surface area contributed by atoms with Crippen molar-refractivity contribution in [2.24, 2.45) is 0 Å². The minimum absolute atomic E-state index is 0.268. The smallest absolute Gasteiger partial charge is 0.274 e. The molecule has 156 valence electrons. The molecule has 0 fully saturated rings. The van der Waals surface area contributed by atoms with Gasteiger partial charge < -0.3 is 10.6 Å². The monoisotopic (exact) mass is 438 g/mol. The minimum atomic E-state index is -0.326. The largest absolute Gasteiger partial charge is 0.373 e.